The lowest BCUT2D eigenvalue weighted by Gasteiger charge is -2.10. The van der Waals surface area contributed by atoms with Crippen LogP contribution in [0.25, 0.3) is 11.3 Å². The fraction of sp³-hybridized carbons (Fsp3) is 0.385. The number of imidazole rings is 1. The SMILES string of the molecule is Cn1c(-c2ccncc2)cnc1C1CCNC1. The molecule has 17 heavy (non-hydrogen) atoms. The molecular formula is C13H16N4. The molecule has 0 saturated carbocycles. The zero-order valence-corrected chi connectivity index (χ0v) is 9.93. The lowest BCUT2D eigenvalue weighted by Crippen LogP contribution is -2.11. The molecule has 1 fully saturated rings. The lowest BCUT2D eigenvalue weighted by atomic mass is 10.1. The first kappa shape index (κ1) is 10.5. The molecule has 0 radical (unpaired) electrons. The summed E-state index contributed by atoms with van der Waals surface area (Å²) in [5, 5.41) is 3.38. The van der Waals surface area contributed by atoms with E-state index in [0.29, 0.717) is 5.92 Å². The van der Waals surface area contributed by atoms with Crippen molar-refractivity contribution >= 4 is 0 Å². The number of pyridine rings is 1. The molecule has 0 aromatic carbocycles. The Morgan fingerprint density at radius 3 is 2.88 bits per heavy atom. The largest absolute Gasteiger partial charge is 0.331 e. The van der Waals surface area contributed by atoms with Crippen molar-refractivity contribution in [3.05, 3.63) is 36.5 Å². The van der Waals surface area contributed by atoms with Gasteiger partial charge in [0, 0.05) is 37.5 Å². The molecule has 3 rings (SSSR count). The van der Waals surface area contributed by atoms with Crippen molar-refractivity contribution < 1.29 is 0 Å². The predicted octanol–water partition coefficient (Wildman–Crippen LogP) is 1.56. The van der Waals surface area contributed by atoms with E-state index in [-0.39, 0.29) is 0 Å². The second kappa shape index (κ2) is 4.30. The van der Waals surface area contributed by atoms with Crippen LogP contribution in [-0.4, -0.2) is 27.6 Å². The summed E-state index contributed by atoms with van der Waals surface area (Å²) in [5.74, 6) is 1.73. The Kier molecular flexibility index (Phi) is 2.65. The van der Waals surface area contributed by atoms with Crippen molar-refractivity contribution in [3.63, 3.8) is 0 Å². The summed E-state index contributed by atoms with van der Waals surface area (Å²) < 4.78 is 2.20. The van der Waals surface area contributed by atoms with E-state index in [1.54, 1.807) is 0 Å². The van der Waals surface area contributed by atoms with Gasteiger partial charge in [-0.3, -0.25) is 4.98 Å². The first-order valence-electron chi connectivity index (χ1n) is 5.99. The van der Waals surface area contributed by atoms with Gasteiger partial charge in [-0.1, -0.05) is 0 Å². The molecule has 0 amide bonds. The molecule has 3 heterocycles. The minimum absolute atomic E-state index is 0.551. The highest BCUT2D eigenvalue weighted by atomic mass is 15.1. The molecule has 1 aliphatic rings. The minimum atomic E-state index is 0.551. The van der Waals surface area contributed by atoms with E-state index in [4.69, 9.17) is 0 Å². The van der Waals surface area contributed by atoms with Crippen LogP contribution in [0.2, 0.25) is 0 Å². The molecule has 2 aromatic heterocycles. The zero-order valence-electron chi connectivity index (χ0n) is 9.93. The van der Waals surface area contributed by atoms with Crippen molar-refractivity contribution in [3.8, 4) is 11.3 Å². The van der Waals surface area contributed by atoms with E-state index in [2.05, 4.69) is 26.9 Å². The normalized spacial score (nSPS) is 19.7. The van der Waals surface area contributed by atoms with Gasteiger partial charge in [0.15, 0.2) is 0 Å². The Morgan fingerprint density at radius 1 is 1.35 bits per heavy atom. The Bertz CT molecular complexity index is 497. The zero-order chi connectivity index (χ0) is 11.7. The van der Waals surface area contributed by atoms with E-state index < -0.39 is 0 Å². The fourth-order valence-corrected chi connectivity index (χ4v) is 2.47. The maximum atomic E-state index is 4.58. The van der Waals surface area contributed by atoms with Crippen LogP contribution in [0.5, 0.6) is 0 Å². The van der Waals surface area contributed by atoms with Crippen LogP contribution in [0.4, 0.5) is 0 Å². The van der Waals surface area contributed by atoms with Gasteiger partial charge >= 0.3 is 0 Å². The second-order valence-electron chi connectivity index (χ2n) is 4.49. The maximum Gasteiger partial charge on any atom is 0.113 e. The second-order valence-corrected chi connectivity index (χ2v) is 4.49. The third-order valence-corrected chi connectivity index (χ3v) is 3.43. The van der Waals surface area contributed by atoms with Crippen molar-refractivity contribution in [1.29, 1.82) is 0 Å². The molecule has 0 bridgehead atoms. The first-order valence-corrected chi connectivity index (χ1v) is 5.99. The average molecular weight is 228 g/mol. The molecule has 0 spiro atoms. The van der Waals surface area contributed by atoms with Gasteiger partial charge in [0.1, 0.15) is 5.82 Å². The van der Waals surface area contributed by atoms with Crippen molar-refractivity contribution in [2.45, 2.75) is 12.3 Å². The molecule has 1 aliphatic heterocycles. The van der Waals surface area contributed by atoms with Gasteiger partial charge in [0.25, 0.3) is 0 Å². The number of rotatable bonds is 2. The Balaban J connectivity index is 1.97. The quantitative estimate of drug-likeness (QED) is 0.848. The maximum absolute atomic E-state index is 4.58. The topological polar surface area (TPSA) is 42.7 Å². The van der Waals surface area contributed by atoms with Crippen molar-refractivity contribution in [2.75, 3.05) is 13.1 Å². The van der Waals surface area contributed by atoms with Crippen LogP contribution in [-0.2, 0) is 7.05 Å². The lowest BCUT2D eigenvalue weighted by molar-refractivity contribution is 0.662. The van der Waals surface area contributed by atoms with E-state index in [1.807, 2.05) is 30.7 Å². The van der Waals surface area contributed by atoms with E-state index in [9.17, 15) is 0 Å². The highest BCUT2D eigenvalue weighted by Gasteiger charge is 2.21. The van der Waals surface area contributed by atoms with Crippen LogP contribution in [0.15, 0.2) is 30.7 Å². The number of nitrogens with one attached hydrogen (secondary N) is 1. The first-order chi connectivity index (χ1) is 8.36. The molecule has 0 aliphatic carbocycles. The number of hydrogen-bond acceptors (Lipinski definition) is 3. The van der Waals surface area contributed by atoms with Crippen LogP contribution in [0.3, 0.4) is 0 Å². The fourth-order valence-electron chi connectivity index (χ4n) is 2.47. The van der Waals surface area contributed by atoms with Crippen molar-refractivity contribution in [2.24, 2.45) is 7.05 Å². The van der Waals surface area contributed by atoms with Crippen LogP contribution in [0.1, 0.15) is 18.2 Å². The summed E-state index contributed by atoms with van der Waals surface area (Å²) in [6.45, 7) is 2.14. The van der Waals surface area contributed by atoms with Gasteiger partial charge in [0.05, 0.1) is 11.9 Å². The molecule has 1 saturated heterocycles. The molecule has 4 nitrogen and oxygen atoms in total. The van der Waals surface area contributed by atoms with Crippen LogP contribution < -0.4 is 5.32 Å². The molecule has 4 heteroatoms. The molecule has 1 atom stereocenters. The summed E-state index contributed by atoms with van der Waals surface area (Å²) in [7, 11) is 2.09. The van der Waals surface area contributed by atoms with Gasteiger partial charge in [-0.05, 0) is 25.1 Å². The van der Waals surface area contributed by atoms with Crippen LogP contribution >= 0.6 is 0 Å². The molecule has 1 N–H and O–H groups in total. The van der Waals surface area contributed by atoms with Gasteiger partial charge in [-0.15, -0.1) is 0 Å². The average Bonchev–Trinajstić information content (AvgIpc) is 2.99. The Morgan fingerprint density at radius 2 is 2.18 bits per heavy atom. The summed E-state index contributed by atoms with van der Waals surface area (Å²) in [6.07, 6.45) is 6.78. The highest BCUT2D eigenvalue weighted by Crippen LogP contribution is 2.25. The summed E-state index contributed by atoms with van der Waals surface area (Å²) >= 11 is 0. The molecule has 1 unspecified atom stereocenters. The molecule has 2 aromatic rings. The third kappa shape index (κ3) is 1.85. The molecular weight excluding hydrogens is 212 g/mol. The third-order valence-electron chi connectivity index (χ3n) is 3.43. The van der Waals surface area contributed by atoms with Gasteiger partial charge in [0.2, 0.25) is 0 Å². The van der Waals surface area contributed by atoms with E-state index >= 15 is 0 Å². The highest BCUT2D eigenvalue weighted by molar-refractivity contribution is 5.58. The Labute approximate surface area is 101 Å². The summed E-state index contributed by atoms with van der Waals surface area (Å²) in [5.41, 5.74) is 2.33. The predicted molar refractivity (Wildman–Crippen MR) is 66.7 cm³/mol. The summed E-state index contributed by atoms with van der Waals surface area (Å²) in [6, 6.07) is 4.04. The van der Waals surface area contributed by atoms with Crippen molar-refractivity contribution in [1.82, 2.24) is 19.9 Å². The summed E-state index contributed by atoms with van der Waals surface area (Å²) in [4.78, 5) is 8.62. The van der Waals surface area contributed by atoms with Gasteiger partial charge in [-0.25, -0.2) is 4.98 Å². The minimum Gasteiger partial charge on any atom is -0.331 e. The number of aromatic nitrogens is 3. The number of nitrogens with zero attached hydrogens (tertiary/aromatic N) is 3. The van der Waals surface area contributed by atoms with Gasteiger partial charge in [-0.2, -0.15) is 0 Å². The smallest absolute Gasteiger partial charge is 0.113 e. The Hall–Kier alpha value is -1.68. The molecule has 88 valence electrons. The monoisotopic (exact) mass is 228 g/mol. The van der Waals surface area contributed by atoms with E-state index in [0.717, 1.165) is 18.8 Å². The number of hydrogen-bond donors (Lipinski definition) is 1. The van der Waals surface area contributed by atoms with E-state index in [1.165, 1.54) is 17.8 Å². The standard InChI is InChI=1S/C13H16N4/c1-17-12(10-2-5-14-6-3-10)9-16-13(17)11-4-7-15-8-11/h2-3,5-6,9,11,15H,4,7-8H2,1H3. The van der Waals surface area contributed by atoms with Gasteiger partial charge < -0.3 is 9.88 Å². The van der Waals surface area contributed by atoms with Crippen LogP contribution in [0, 0.1) is 0 Å².